The first-order chi connectivity index (χ1) is 9.43. The summed E-state index contributed by atoms with van der Waals surface area (Å²) in [7, 11) is 1.95. The lowest BCUT2D eigenvalue weighted by Gasteiger charge is -2.16. The van der Waals surface area contributed by atoms with E-state index in [0.717, 1.165) is 10.6 Å². The Labute approximate surface area is 127 Å². The molecule has 106 valence electrons. The molecule has 20 heavy (non-hydrogen) atoms. The first kappa shape index (κ1) is 15.1. The van der Waals surface area contributed by atoms with Crippen molar-refractivity contribution in [1.29, 1.82) is 0 Å². The Balaban J connectivity index is 2.53. The number of hydrogen-bond donors (Lipinski definition) is 1. The van der Waals surface area contributed by atoms with Gasteiger partial charge in [0, 0.05) is 11.1 Å². The van der Waals surface area contributed by atoms with Gasteiger partial charge in [0.2, 0.25) is 0 Å². The molecular weight excluding hydrogens is 266 g/mol. The lowest BCUT2D eigenvalue weighted by molar-refractivity contribution is 0.652. The van der Waals surface area contributed by atoms with Crippen LogP contribution in [0.3, 0.4) is 0 Å². The van der Waals surface area contributed by atoms with Crippen molar-refractivity contribution in [2.45, 2.75) is 33.7 Å². The summed E-state index contributed by atoms with van der Waals surface area (Å²) in [5.74, 6) is 0. The maximum absolute atomic E-state index is 6.45. The van der Waals surface area contributed by atoms with Gasteiger partial charge in [-0.3, -0.25) is 0 Å². The Kier molecular flexibility index (Phi) is 4.52. The molecule has 0 aliphatic rings. The fraction of sp³-hybridized carbons (Fsp3) is 0.333. The number of halogens is 1. The van der Waals surface area contributed by atoms with Gasteiger partial charge in [-0.05, 0) is 68.6 Å². The zero-order valence-electron chi connectivity index (χ0n) is 12.8. The molecule has 1 N–H and O–H groups in total. The van der Waals surface area contributed by atoms with E-state index < -0.39 is 0 Å². The van der Waals surface area contributed by atoms with E-state index in [2.05, 4.69) is 63.3 Å². The van der Waals surface area contributed by atoms with Crippen molar-refractivity contribution in [3.8, 4) is 11.1 Å². The van der Waals surface area contributed by atoms with E-state index in [1.807, 2.05) is 7.05 Å². The van der Waals surface area contributed by atoms with Gasteiger partial charge in [0.05, 0.1) is 0 Å². The van der Waals surface area contributed by atoms with Crippen LogP contribution in [0.2, 0.25) is 5.02 Å². The summed E-state index contributed by atoms with van der Waals surface area (Å²) in [4.78, 5) is 0. The first-order valence-corrected chi connectivity index (χ1v) is 7.36. The molecule has 2 aromatic rings. The van der Waals surface area contributed by atoms with Gasteiger partial charge in [0.15, 0.2) is 0 Å². The van der Waals surface area contributed by atoms with Gasteiger partial charge in [-0.2, -0.15) is 0 Å². The lowest BCUT2D eigenvalue weighted by Crippen LogP contribution is -2.12. The van der Waals surface area contributed by atoms with Crippen molar-refractivity contribution in [3.05, 3.63) is 57.6 Å². The van der Waals surface area contributed by atoms with Crippen LogP contribution in [0.4, 0.5) is 0 Å². The molecule has 0 heterocycles. The minimum atomic E-state index is 0.261. The molecule has 0 aliphatic heterocycles. The van der Waals surface area contributed by atoms with E-state index in [9.17, 15) is 0 Å². The second kappa shape index (κ2) is 5.99. The van der Waals surface area contributed by atoms with E-state index in [0.29, 0.717) is 0 Å². The van der Waals surface area contributed by atoms with Crippen LogP contribution in [-0.2, 0) is 0 Å². The molecule has 1 nitrogen and oxygen atoms in total. The van der Waals surface area contributed by atoms with Crippen molar-refractivity contribution in [2.24, 2.45) is 0 Å². The van der Waals surface area contributed by atoms with Gasteiger partial charge >= 0.3 is 0 Å². The van der Waals surface area contributed by atoms with Gasteiger partial charge in [-0.1, -0.05) is 41.4 Å². The largest absolute Gasteiger partial charge is 0.313 e. The molecule has 0 amide bonds. The molecule has 0 aromatic heterocycles. The third-order valence-electron chi connectivity index (χ3n) is 3.87. The topological polar surface area (TPSA) is 12.0 Å². The molecule has 0 fully saturated rings. The third-order valence-corrected chi connectivity index (χ3v) is 4.19. The zero-order valence-corrected chi connectivity index (χ0v) is 13.6. The van der Waals surface area contributed by atoms with Gasteiger partial charge in [-0.15, -0.1) is 0 Å². The molecule has 1 atom stereocenters. The predicted octanol–water partition coefficient (Wildman–Crippen LogP) is 5.21. The summed E-state index contributed by atoms with van der Waals surface area (Å²) in [6, 6.07) is 11.1. The number of hydrogen-bond acceptors (Lipinski definition) is 1. The molecule has 0 bridgehead atoms. The fourth-order valence-electron chi connectivity index (χ4n) is 2.82. The quantitative estimate of drug-likeness (QED) is 0.817. The van der Waals surface area contributed by atoms with Crippen LogP contribution in [-0.4, -0.2) is 7.05 Å². The number of aryl methyl sites for hydroxylation is 3. The number of nitrogens with one attached hydrogen (secondary N) is 1. The Morgan fingerprint density at radius 3 is 2.10 bits per heavy atom. The van der Waals surface area contributed by atoms with Crippen LogP contribution in [0, 0.1) is 20.8 Å². The maximum atomic E-state index is 6.45. The van der Waals surface area contributed by atoms with Crippen molar-refractivity contribution < 1.29 is 0 Å². The normalized spacial score (nSPS) is 12.5. The highest BCUT2D eigenvalue weighted by Crippen LogP contribution is 2.33. The Hall–Kier alpha value is -1.31. The van der Waals surface area contributed by atoms with Crippen LogP contribution in [0.15, 0.2) is 30.3 Å². The first-order valence-electron chi connectivity index (χ1n) is 6.99. The van der Waals surface area contributed by atoms with E-state index in [1.165, 1.54) is 27.8 Å². The van der Waals surface area contributed by atoms with Crippen LogP contribution in [0.1, 0.15) is 35.2 Å². The maximum Gasteiger partial charge on any atom is 0.0459 e. The Bertz CT molecular complexity index is 608. The lowest BCUT2D eigenvalue weighted by atomic mass is 9.93. The SMILES string of the molecule is CNC(C)c1ccc(-c2c(C)cc(C)cc2C)cc1Cl. The summed E-state index contributed by atoms with van der Waals surface area (Å²) in [5.41, 5.74) is 7.52. The average Bonchev–Trinajstić information content (AvgIpc) is 2.37. The van der Waals surface area contributed by atoms with Gasteiger partial charge < -0.3 is 5.32 Å². The Morgan fingerprint density at radius 2 is 1.60 bits per heavy atom. The second-order valence-corrected chi connectivity index (χ2v) is 5.93. The number of rotatable bonds is 3. The highest BCUT2D eigenvalue weighted by molar-refractivity contribution is 6.31. The highest BCUT2D eigenvalue weighted by atomic mass is 35.5. The summed E-state index contributed by atoms with van der Waals surface area (Å²) in [5, 5.41) is 4.05. The molecule has 2 heteroatoms. The van der Waals surface area contributed by atoms with Crippen LogP contribution in [0.25, 0.3) is 11.1 Å². The highest BCUT2D eigenvalue weighted by Gasteiger charge is 2.11. The van der Waals surface area contributed by atoms with Gasteiger partial charge in [-0.25, -0.2) is 0 Å². The van der Waals surface area contributed by atoms with Crippen molar-refractivity contribution in [1.82, 2.24) is 5.32 Å². The minimum Gasteiger partial charge on any atom is -0.313 e. The predicted molar refractivity (Wildman–Crippen MR) is 88.6 cm³/mol. The third kappa shape index (κ3) is 2.89. The molecular formula is C18H22ClN. The minimum absolute atomic E-state index is 0.261. The van der Waals surface area contributed by atoms with E-state index >= 15 is 0 Å². The fourth-order valence-corrected chi connectivity index (χ4v) is 3.17. The van der Waals surface area contributed by atoms with Crippen LogP contribution < -0.4 is 5.32 Å². The second-order valence-electron chi connectivity index (χ2n) is 5.52. The van der Waals surface area contributed by atoms with Crippen molar-refractivity contribution in [3.63, 3.8) is 0 Å². The van der Waals surface area contributed by atoms with Crippen molar-refractivity contribution in [2.75, 3.05) is 7.05 Å². The molecule has 1 unspecified atom stereocenters. The summed E-state index contributed by atoms with van der Waals surface area (Å²) in [6.45, 7) is 8.57. The summed E-state index contributed by atoms with van der Waals surface area (Å²) >= 11 is 6.45. The van der Waals surface area contributed by atoms with E-state index in [-0.39, 0.29) is 6.04 Å². The van der Waals surface area contributed by atoms with E-state index in [1.54, 1.807) is 0 Å². The molecule has 2 aromatic carbocycles. The number of benzene rings is 2. The average molecular weight is 288 g/mol. The molecule has 0 saturated heterocycles. The molecule has 2 rings (SSSR count). The summed E-state index contributed by atoms with van der Waals surface area (Å²) in [6.07, 6.45) is 0. The molecule has 0 aliphatic carbocycles. The standard InChI is InChI=1S/C18H22ClN/c1-11-8-12(2)18(13(3)9-11)15-6-7-16(14(4)20-5)17(19)10-15/h6-10,14,20H,1-5H3. The molecule has 0 saturated carbocycles. The Morgan fingerprint density at radius 1 is 1.00 bits per heavy atom. The molecule has 0 spiro atoms. The smallest absolute Gasteiger partial charge is 0.0459 e. The van der Waals surface area contributed by atoms with Gasteiger partial charge in [0.1, 0.15) is 0 Å². The van der Waals surface area contributed by atoms with Gasteiger partial charge in [0.25, 0.3) is 0 Å². The van der Waals surface area contributed by atoms with Crippen molar-refractivity contribution >= 4 is 11.6 Å². The summed E-state index contributed by atoms with van der Waals surface area (Å²) < 4.78 is 0. The van der Waals surface area contributed by atoms with E-state index in [4.69, 9.17) is 11.6 Å². The van der Waals surface area contributed by atoms with Crippen LogP contribution in [0.5, 0.6) is 0 Å². The monoisotopic (exact) mass is 287 g/mol. The zero-order chi connectivity index (χ0) is 14.9. The van der Waals surface area contributed by atoms with Crippen LogP contribution >= 0.6 is 11.6 Å². The molecule has 0 radical (unpaired) electrons.